The van der Waals surface area contributed by atoms with Gasteiger partial charge in [-0.2, -0.15) is 0 Å². The molecule has 0 spiro atoms. The van der Waals surface area contributed by atoms with E-state index in [9.17, 15) is 4.79 Å². The first kappa shape index (κ1) is 15.4. The summed E-state index contributed by atoms with van der Waals surface area (Å²) in [4.78, 5) is 25.0. The molecule has 0 aromatic carbocycles. The summed E-state index contributed by atoms with van der Waals surface area (Å²) < 4.78 is 2.09. The number of aromatic nitrogens is 5. The highest BCUT2D eigenvalue weighted by Crippen LogP contribution is 2.37. The standard InChI is InChI=1S/C15H19N7OS/c23-13(10-24-15-19-18-11-22(15)12-2-3-12)20-6-8-21(9-7-20)14-16-4-1-5-17-14/h1,4-5,11-12H,2-3,6-10H2. The summed E-state index contributed by atoms with van der Waals surface area (Å²) in [6, 6.07) is 2.34. The number of rotatable bonds is 5. The molecule has 4 rings (SSSR count). The summed E-state index contributed by atoms with van der Waals surface area (Å²) in [6.45, 7) is 2.93. The van der Waals surface area contributed by atoms with E-state index in [0.29, 0.717) is 24.9 Å². The number of nitrogens with zero attached hydrogens (tertiary/aromatic N) is 7. The smallest absolute Gasteiger partial charge is 0.233 e. The average molecular weight is 345 g/mol. The summed E-state index contributed by atoms with van der Waals surface area (Å²) in [5.41, 5.74) is 0. The van der Waals surface area contributed by atoms with Gasteiger partial charge in [0.2, 0.25) is 11.9 Å². The van der Waals surface area contributed by atoms with Crippen LogP contribution in [-0.4, -0.2) is 67.5 Å². The first-order valence-corrected chi connectivity index (χ1v) is 9.12. The Morgan fingerprint density at radius 2 is 1.92 bits per heavy atom. The van der Waals surface area contributed by atoms with Gasteiger partial charge in [-0.3, -0.25) is 4.79 Å². The maximum absolute atomic E-state index is 12.4. The van der Waals surface area contributed by atoms with Crippen molar-refractivity contribution < 1.29 is 4.79 Å². The van der Waals surface area contributed by atoms with E-state index < -0.39 is 0 Å². The van der Waals surface area contributed by atoms with Gasteiger partial charge in [-0.1, -0.05) is 11.8 Å². The minimum atomic E-state index is 0.152. The normalized spacial score (nSPS) is 18.0. The molecule has 8 nitrogen and oxygen atoms in total. The van der Waals surface area contributed by atoms with Crippen LogP contribution in [0.5, 0.6) is 0 Å². The molecule has 0 bridgehead atoms. The Morgan fingerprint density at radius 3 is 2.62 bits per heavy atom. The SMILES string of the molecule is O=C(CSc1nncn1C1CC1)N1CCN(c2ncccn2)CC1. The lowest BCUT2D eigenvalue weighted by atomic mass is 10.3. The number of amides is 1. The minimum Gasteiger partial charge on any atom is -0.338 e. The third kappa shape index (κ3) is 3.35. The molecule has 3 heterocycles. The van der Waals surface area contributed by atoms with E-state index in [1.807, 2.05) is 4.90 Å². The Hall–Kier alpha value is -2.16. The predicted molar refractivity (Wildman–Crippen MR) is 89.8 cm³/mol. The molecular formula is C15H19N7OS. The Balaban J connectivity index is 1.28. The van der Waals surface area contributed by atoms with Gasteiger partial charge < -0.3 is 14.4 Å². The van der Waals surface area contributed by atoms with E-state index in [4.69, 9.17) is 0 Å². The summed E-state index contributed by atoms with van der Waals surface area (Å²) in [7, 11) is 0. The molecule has 2 aliphatic rings. The second-order valence-electron chi connectivity index (χ2n) is 5.96. The Labute approximate surface area is 144 Å². The van der Waals surface area contributed by atoms with E-state index in [2.05, 4.69) is 29.6 Å². The molecule has 0 atom stereocenters. The number of hydrogen-bond acceptors (Lipinski definition) is 7. The van der Waals surface area contributed by atoms with Crippen LogP contribution in [0.3, 0.4) is 0 Å². The fourth-order valence-corrected chi connectivity index (χ4v) is 3.65. The van der Waals surface area contributed by atoms with Gasteiger partial charge in [0, 0.05) is 44.6 Å². The monoisotopic (exact) mass is 345 g/mol. The van der Waals surface area contributed by atoms with E-state index >= 15 is 0 Å². The van der Waals surface area contributed by atoms with Crippen molar-refractivity contribution >= 4 is 23.6 Å². The average Bonchev–Trinajstić information content (AvgIpc) is 3.38. The maximum atomic E-state index is 12.4. The molecule has 2 aromatic rings. The number of carbonyl (C=O) groups excluding carboxylic acids is 1. The molecule has 1 aliphatic heterocycles. The fraction of sp³-hybridized carbons (Fsp3) is 0.533. The highest BCUT2D eigenvalue weighted by atomic mass is 32.2. The highest BCUT2D eigenvalue weighted by Gasteiger charge is 2.27. The van der Waals surface area contributed by atoms with E-state index in [0.717, 1.165) is 24.2 Å². The van der Waals surface area contributed by atoms with Crippen molar-refractivity contribution in [3.8, 4) is 0 Å². The second-order valence-corrected chi connectivity index (χ2v) is 6.90. The van der Waals surface area contributed by atoms with Crippen molar-refractivity contribution in [1.29, 1.82) is 0 Å². The second kappa shape index (κ2) is 6.76. The molecule has 1 aliphatic carbocycles. The lowest BCUT2D eigenvalue weighted by Gasteiger charge is -2.34. The van der Waals surface area contributed by atoms with Crippen molar-refractivity contribution in [2.24, 2.45) is 0 Å². The lowest BCUT2D eigenvalue weighted by Crippen LogP contribution is -2.49. The zero-order chi connectivity index (χ0) is 16.4. The van der Waals surface area contributed by atoms with E-state index in [-0.39, 0.29) is 5.91 Å². The van der Waals surface area contributed by atoms with Gasteiger partial charge in [0.05, 0.1) is 5.75 Å². The van der Waals surface area contributed by atoms with E-state index in [1.54, 1.807) is 24.8 Å². The van der Waals surface area contributed by atoms with Gasteiger partial charge in [0.25, 0.3) is 0 Å². The van der Waals surface area contributed by atoms with Crippen LogP contribution in [0.25, 0.3) is 0 Å². The van der Waals surface area contributed by atoms with Crippen LogP contribution in [0.4, 0.5) is 5.95 Å². The number of hydrogen-bond donors (Lipinski definition) is 0. The summed E-state index contributed by atoms with van der Waals surface area (Å²) in [5, 5.41) is 8.94. The number of thioether (sulfide) groups is 1. The molecule has 0 unspecified atom stereocenters. The van der Waals surface area contributed by atoms with E-state index in [1.165, 1.54) is 24.6 Å². The van der Waals surface area contributed by atoms with Crippen molar-refractivity contribution in [2.75, 3.05) is 36.8 Å². The van der Waals surface area contributed by atoms with Crippen LogP contribution in [0.15, 0.2) is 29.9 Å². The number of anilines is 1. The molecular weight excluding hydrogens is 326 g/mol. The van der Waals surface area contributed by atoms with Gasteiger partial charge in [0.1, 0.15) is 6.33 Å². The van der Waals surface area contributed by atoms with Crippen molar-refractivity contribution in [1.82, 2.24) is 29.6 Å². The third-order valence-electron chi connectivity index (χ3n) is 4.27. The van der Waals surface area contributed by atoms with Gasteiger partial charge in [-0.25, -0.2) is 9.97 Å². The third-order valence-corrected chi connectivity index (χ3v) is 5.21. The van der Waals surface area contributed by atoms with Gasteiger partial charge in [-0.15, -0.1) is 10.2 Å². The van der Waals surface area contributed by atoms with Crippen LogP contribution >= 0.6 is 11.8 Å². The molecule has 1 saturated heterocycles. The topological polar surface area (TPSA) is 80.0 Å². The van der Waals surface area contributed by atoms with Gasteiger partial charge in [-0.05, 0) is 18.9 Å². The molecule has 126 valence electrons. The molecule has 1 saturated carbocycles. The lowest BCUT2D eigenvalue weighted by molar-refractivity contribution is -0.128. The van der Waals surface area contributed by atoms with Crippen molar-refractivity contribution in [3.05, 3.63) is 24.8 Å². The quantitative estimate of drug-likeness (QED) is 0.743. The predicted octanol–water partition coefficient (Wildman–Crippen LogP) is 0.844. The van der Waals surface area contributed by atoms with Crippen LogP contribution in [-0.2, 0) is 4.79 Å². The van der Waals surface area contributed by atoms with Crippen molar-refractivity contribution in [3.63, 3.8) is 0 Å². The summed E-state index contributed by atoms with van der Waals surface area (Å²) in [5.74, 6) is 1.29. The summed E-state index contributed by atoms with van der Waals surface area (Å²) >= 11 is 1.48. The number of carbonyl (C=O) groups is 1. The van der Waals surface area contributed by atoms with Crippen LogP contribution in [0.1, 0.15) is 18.9 Å². The highest BCUT2D eigenvalue weighted by molar-refractivity contribution is 7.99. The molecule has 24 heavy (non-hydrogen) atoms. The zero-order valence-electron chi connectivity index (χ0n) is 13.3. The zero-order valence-corrected chi connectivity index (χ0v) is 14.1. The molecule has 2 fully saturated rings. The first-order chi connectivity index (χ1) is 11.8. The minimum absolute atomic E-state index is 0.152. The Bertz CT molecular complexity index is 695. The molecule has 0 N–H and O–H groups in total. The largest absolute Gasteiger partial charge is 0.338 e. The summed E-state index contributed by atoms with van der Waals surface area (Å²) in [6.07, 6.45) is 7.62. The molecule has 1 amide bonds. The Morgan fingerprint density at radius 1 is 1.17 bits per heavy atom. The van der Waals surface area contributed by atoms with Crippen LogP contribution < -0.4 is 4.90 Å². The molecule has 9 heteroatoms. The molecule has 2 aromatic heterocycles. The van der Waals surface area contributed by atoms with Crippen molar-refractivity contribution in [2.45, 2.75) is 24.0 Å². The van der Waals surface area contributed by atoms with Gasteiger partial charge in [0.15, 0.2) is 5.16 Å². The Kier molecular flexibility index (Phi) is 4.33. The first-order valence-electron chi connectivity index (χ1n) is 8.13. The van der Waals surface area contributed by atoms with Crippen LogP contribution in [0, 0.1) is 0 Å². The van der Waals surface area contributed by atoms with Crippen LogP contribution in [0.2, 0.25) is 0 Å². The fourth-order valence-electron chi connectivity index (χ4n) is 2.77. The van der Waals surface area contributed by atoms with Gasteiger partial charge >= 0.3 is 0 Å². The number of piperazine rings is 1. The molecule has 0 radical (unpaired) electrons. The maximum Gasteiger partial charge on any atom is 0.233 e.